The van der Waals surface area contributed by atoms with Gasteiger partial charge in [0.1, 0.15) is 12.2 Å². The lowest BCUT2D eigenvalue weighted by molar-refractivity contribution is -0.917. The van der Waals surface area contributed by atoms with Gasteiger partial charge in [-0.2, -0.15) is 0 Å². The van der Waals surface area contributed by atoms with Crippen molar-refractivity contribution in [1.82, 2.24) is 15.2 Å². The molecule has 0 bridgehead atoms. The van der Waals surface area contributed by atoms with E-state index in [0.29, 0.717) is 18.8 Å². The molecule has 0 aliphatic carbocycles. The van der Waals surface area contributed by atoms with Gasteiger partial charge >= 0.3 is 0 Å². The number of pyridine rings is 1. The van der Waals surface area contributed by atoms with E-state index >= 15 is 0 Å². The summed E-state index contributed by atoms with van der Waals surface area (Å²) < 4.78 is 0. The Balaban J connectivity index is 1.63. The van der Waals surface area contributed by atoms with Crippen LogP contribution >= 0.6 is 0 Å². The van der Waals surface area contributed by atoms with Crippen molar-refractivity contribution in [3.8, 4) is 0 Å². The minimum absolute atomic E-state index is 0.128. The molecule has 1 fully saturated rings. The molecule has 1 aromatic heterocycles. The van der Waals surface area contributed by atoms with Crippen molar-refractivity contribution in [2.75, 3.05) is 26.2 Å². The van der Waals surface area contributed by atoms with Gasteiger partial charge in [0.25, 0.3) is 5.91 Å². The lowest BCUT2D eigenvalue weighted by Gasteiger charge is -2.32. The maximum Gasteiger partial charge on any atom is 0.270 e. The van der Waals surface area contributed by atoms with Crippen LogP contribution in [-0.2, 0) is 16.1 Å². The molecule has 1 aliphatic rings. The van der Waals surface area contributed by atoms with Gasteiger partial charge in [-0.3, -0.25) is 14.6 Å². The number of quaternary nitrogens is 1. The minimum Gasteiger partial charge on any atom is -0.328 e. The zero-order chi connectivity index (χ0) is 19.1. The Labute approximate surface area is 159 Å². The van der Waals surface area contributed by atoms with Crippen LogP contribution in [0.2, 0.25) is 0 Å². The topological polar surface area (TPSA) is 66.7 Å². The minimum atomic E-state index is -0.243. The van der Waals surface area contributed by atoms with Crippen LogP contribution in [0.25, 0.3) is 6.08 Å². The second kappa shape index (κ2) is 9.09. The number of nitrogens with one attached hydrogen (secondary N) is 2. The summed E-state index contributed by atoms with van der Waals surface area (Å²) in [6.45, 7) is 5.46. The highest BCUT2D eigenvalue weighted by molar-refractivity contribution is 6.00. The molecule has 3 rings (SSSR count). The van der Waals surface area contributed by atoms with E-state index in [1.807, 2.05) is 59.8 Å². The van der Waals surface area contributed by atoms with Crippen molar-refractivity contribution >= 4 is 17.9 Å². The smallest absolute Gasteiger partial charge is 0.270 e. The van der Waals surface area contributed by atoms with Gasteiger partial charge in [-0.15, -0.1) is 0 Å². The molecular formula is C21H25N4O2+. The van der Waals surface area contributed by atoms with E-state index in [-0.39, 0.29) is 11.8 Å². The summed E-state index contributed by atoms with van der Waals surface area (Å²) in [4.78, 5) is 31.8. The lowest BCUT2D eigenvalue weighted by Crippen LogP contribution is -3.13. The van der Waals surface area contributed by atoms with Gasteiger partial charge in [-0.25, -0.2) is 0 Å². The fourth-order valence-corrected chi connectivity index (χ4v) is 3.22. The van der Waals surface area contributed by atoms with Crippen molar-refractivity contribution in [1.29, 1.82) is 0 Å². The number of hydrogen-bond acceptors (Lipinski definition) is 3. The van der Waals surface area contributed by atoms with E-state index in [2.05, 4.69) is 10.3 Å². The first-order valence-electron chi connectivity index (χ1n) is 9.18. The number of amides is 2. The second-order valence-corrected chi connectivity index (χ2v) is 6.72. The Morgan fingerprint density at radius 2 is 1.78 bits per heavy atom. The van der Waals surface area contributed by atoms with Gasteiger partial charge in [-0.05, 0) is 23.8 Å². The number of piperazine rings is 1. The van der Waals surface area contributed by atoms with Gasteiger partial charge in [0.05, 0.1) is 26.2 Å². The van der Waals surface area contributed by atoms with Crippen LogP contribution in [0.15, 0.2) is 60.6 Å². The maximum atomic E-state index is 12.9. The summed E-state index contributed by atoms with van der Waals surface area (Å²) in [5.41, 5.74) is 2.46. The first-order valence-corrected chi connectivity index (χ1v) is 9.18. The molecule has 0 atom stereocenters. The SMILES string of the molecule is CC(=O)N/C(=C\c1ccccc1)C(=O)N1CC[NH+](Cc2ccncc2)CC1. The van der Waals surface area contributed by atoms with Crippen LogP contribution in [0.3, 0.4) is 0 Å². The Morgan fingerprint density at radius 3 is 2.41 bits per heavy atom. The molecule has 0 radical (unpaired) electrons. The predicted octanol–water partition coefficient (Wildman–Crippen LogP) is 0.486. The average molecular weight is 365 g/mol. The normalized spacial score (nSPS) is 15.4. The fraction of sp³-hybridized carbons (Fsp3) is 0.286. The molecule has 2 N–H and O–H groups in total. The third-order valence-electron chi connectivity index (χ3n) is 4.61. The number of rotatable bonds is 5. The number of nitrogens with zero attached hydrogens (tertiary/aromatic N) is 2. The van der Waals surface area contributed by atoms with Crippen molar-refractivity contribution < 1.29 is 14.5 Å². The first-order chi connectivity index (χ1) is 13.1. The molecule has 140 valence electrons. The molecule has 0 spiro atoms. The summed E-state index contributed by atoms with van der Waals surface area (Å²) in [5, 5.41) is 2.69. The predicted molar refractivity (Wildman–Crippen MR) is 103 cm³/mol. The van der Waals surface area contributed by atoms with E-state index < -0.39 is 0 Å². The third-order valence-corrected chi connectivity index (χ3v) is 4.61. The monoisotopic (exact) mass is 365 g/mol. The highest BCUT2D eigenvalue weighted by Crippen LogP contribution is 2.08. The van der Waals surface area contributed by atoms with Gasteiger partial charge in [0.2, 0.25) is 5.91 Å². The van der Waals surface area contributed by atoms with Crippen molar-refractivity contribution in [2.45, 2.75) is 13.5 Å². The van der Waals surface area contributed by atoms with E-state index in [1.54, 1.807) is 6.08 Å². The molecule has 1 aliphatic heterocycles. The van der Waals surface area contributed by atoms with Gasteiger partial charge < -0.3 is 15.1 Å². The van der Waals surface area contributed by atoms with Crippen LogP contribution < -0.4 is 10.2 Å². The highest BCUT2D eigenvalue weighted by Gasteiger charge is 2.26. The highest BCUT2D eigenvalue weighted by atomic mass is 16.2. The Hall–Kier alpha value is -2.99. The number of benzene rings is 1. The first kappa shape index (κ1) is 18.8. The summed E-state index contributed by atoms with van der Waals surface area (Å²) in [7, 11) is 0. The van der Waals surface area contributed by atoms with Crippen LogP contribution in [0, 0.1) is 0 Å². The average Bonchev–Trinajstić information content (AvgIpc) is 2.69. The quantitative estimate of drug-likeness (QED) is 0.758. The van der Waals surface area contributed by atoms with Crippen molar-refractivity contribution in [2.24, 2.45) is 0 Å². The molecule has 0 saturated carbocycles. The Bertz CT molecular complexity index is 797. The third kappa shape index (κ3) is 5.49. The van der Waals surface area contributed by atoms with Crippen LogP contribution in [-0.4, -0.2) is 47.9 Å². The van der Waals surface area contributed by atoms with Gasteiger partial charge in [0, 0.05) is 24.9 Å². The fourth-order valence-electron chi connectivity index (χ4n) is 3.22. The van der Waals surface area contributed by atoms with Crippen LogP contribution in [0.5, 0.6) is 0 Å². The zero-order valence-electron chi connectivity index (χ0n) is 15.5. The molecule has 1 aromatic carbocycles. The van der Waals surface area contributed by atoms with Crippen LogP contribution in [0.4, 0.5) is 0 Å². The van der Waals surface area contributed by atoms with Gasteiger partial charge in [-0.1, -0.05) is 30.3 Å². The van der Waals surface area contributed by atoms with Crippen LogP contribution in [0.1, 0.15) is 18.1 Å². The Kier molecular flexibility index (Phi) is 6.33. The van der Waals surface area contributed by atoms with E-state index in [4.69, 9.17) is 0 Å². The number of carbonyl (C=O) groups excluding carboxylic acids is 2. The van der Waals surface area contributed by atoms with Crippen molar-refractivity contribution in [3.63, 3.8) is 0 Å². The number of aromatic nitrogens is 1. The largest absolute Gasteiger partial charge is 0.328 e. The van der Waals surface area contributed by atoms with E-state index in [9.17, 15) is 9.59 Å². The number of hydrogen-bond donors (Lipinski definition) is 2. The van der Waals surface area contributed by atoms with E-state index in [0.717, 1.165) is 25.2 Å². The zero-order valence-corrected chi connectivity index (χ0v) is 15.5. The summed E-state index contributed by atoms with van der Waals surface area (Å²) in [6, 6.07) is 13.6. The van der Waals surface area contributed by atoms with E-state index in [1.165, 1.54) is 17.4 Å². The molecule has 1 saturated heterocycles. The maximum absolute atomic E-state index is 12.9. The molecule has 2 aromatic rings. The summed E-state index contributed by atoms with van der Waals surface area (Å²) >= 11 is 0. The molecule has 27 heavy (non-hydrogen) atoms. The molecule has 6 nitrogen and oxygen atoms in total. The summed E-state index contributed by atoms with van der Waals surface area (Å²) in [6.07, 6.45) is 5.35. The number of carbonyl (C=O) groups is 2. The molecule has 0 unspecified atom stereocenters. The second-order valence-electron chi connectivity index (χ2n) is 6.72. The van der Waals surface area contributed by atoms with Crippen molar-refractivity contribution in [3.05, 3.63) is 71.7 Å². The Morgan fingerprint density at radius 1 is 1.11 bits per heavy atom. The lowest BCUT2D eigenvalue weighted by atomic mass is 10.1. The molecule has 6 heteroatoms. The summed E-state index contributed by atoms with van der Waals surface area (Å²) in [5.74, 6) is -0.371. The molecule has 2 amide bonds. The standard InChI is InChI=1S/C21H24N4O2/c1-17(26)23-20(15-18-5-3-2-4-6-18)21(27)25-13-11-24(12-14-25)16-19-7-9-22-10-8-19/h2-10,15H,11-14,16H2,1H3,(H,23,26)/p+1/b20-15-. The van der Waals surface area contributed by atoms with Gasteiger partial charge in [0.15, 0.2) is 0 Å². The molecule has 2 heterocycles. The molecular weight excluding hydrogens is 340 g/mol.